The Morgan fingerprint density at radius 3 is 2.22 bits per heavy atom. The summed E-state index contributed by atoms with van der Waals surface area (Å²) in [4.78, 5) is 40.7. The third-order valence-electron chi connectivity index (χ3n) is 5.08. The molecule has 0 saturated carbocycles. The lowest BCUT2D eigenvalue weighted by Crippen LogP contribution is -2.57. The first kappa shape index (κ1) is 14.0. The number of hydrogen-bond donors (Lipinski definition) is 0. The maximum Gasteiger partial charge on any atom is 0.240 e. The van der Waals surface area contributed by atoms with Gasteiger partial charge in [-0.05, 0) is 24.3 Å². The zero-order valence-corrected chi connectivity index (χ0v) is 12.8. The summed E-state index contributed by atoms with van der Waals surface area (Å²) in [5.41, 5.74) is 0.518. The Kier molecular flexibility index (Phi) is 2.85. The molecule has 23 heavy (non-hydrogen) atoms. The average molecular weight is 312 g/mol. The van der Waals surface area contributed by atoms with Crippen LogP contribution in [0.15, 0.2) is 36.4 Å². The molecule has 0 spiro atoms. The number of methoxy groups -OCH3 is 1. The van der Waals surface area contributed by atoms with E-state index in [1.54, 1.807) is 49.4 Å². The average Bonchev–Trinajstić information content (AvgIpc) is 2.84. The number of nitrogens with zero attached hydrogens (tertiary/aromatic N) is 2. The zero-order valence-electron chi connectivity index (χ0n) is 12.8. The molecule has 1 aromatic carbocycles. The molecular formula is C17H16N2O4. The third-order valence-corrected chi connectivity index (χ3v) is 5.08. The van der Waals surface area contributed by atoms with Gasteiger partial charge in [0, 0.05) is 7.05 Å². The van der Waals surface area contributed by atoms with Crippen LogP contribution in [0.25, 0.3) is 0 Å². The summed E-state index contributed by atoms with van der Waals surface area (Å²) in [7, 11) is 3.24. The third kappa shape index (κ3) is 1.72. The number of rotatable bonds is 2. The Balaban J connectivity index is 1.74. The van der Waals surface area contributed by atoms with Crippen LogP contribution < -0.4 is 9.64 Å². The van der Waals surface area contributed by atoms with Gasteiger partial charge >= 0.3 is 0 Å². The standard InChI is InChI=1S/C17H16N2O4/c1-18-12-8-7-11(15(18)20)13-14(12)17(22)19(16(13)21)9-3-5-10(23-2)6-4-9/h3-8,11-14H,1-2H3/t11-,12-,13+,14-/m1/s1. The maximum absolute atomic E-state index is 12.8. The van der Waals surface area contributed by atoms with E-state index in [1.165, 1.54) is 4.90 Å². The highest BCUT2D eigenvalue weighted by atomic mass is 16.5. The minimum Gasteiger partial charge on any atom is -0.497 e. The number of benzene rings is 1. The van der Waals surface area contributed by atoms with Crippen LogP contribution in [0.1, 0.15) is 0 Å². The largest absolute Gasteiger partial charge is 0.497 e. The molecule has 2 saturated heterocycles. The smallest absolute Gasteiger partial charge is 0.240 e. The van der Waals surface area contributed by atoms with E-state index >= 15 is 0 Å². The molecule has 6 heteroatoms. The molecular weight excluding hydrogens is 296 g/mol. The van der Waals surface area contributed by atoms with Gasteiger partial charge in [-0.2, -0.15) is 0 Å². The molecule has 1 aliphatic carbocycles. The Bertz CT molecular complexity index is 739. The summed E-state index contributed by atoms with van der Waals surface area (Å²) in [6.07, 6.45) is 3.65. The van der Waals surface area contributed by atoms with Gasteiger partial charge in [-0.1, -0.05) is 12.2 Å². The predicted molar refractivity (Wildman–Crippen MR) is 81.7 cm³/mol. The molecule has 0 N–H and O–H groups in total. The van der Waals surface area contributed by atoms with Gasteiger partial charge in [-0.15, -0.1) is 0 Å². The van der Waals surface area contributed by atoms with Gasteiger partial charge in [0.05, 0.1) is 36.6 Å². The normalized spacial score (nSPS) is 31.8. The van der Waals surface area contributed by atoms with Crippen molar-refractivity contribution in [3.05, 3.63) is 36.4 Å². The molecule has 3 amide bonds. The zero-order chi connectivity index (χ0) is 16.3. The molecule has 4 atom stereocenters. The number of amides is 3. The molecule has 118 valence electrons. The van der Waals surface area contributed by atoms with Crippen molar-refractivity contribution in [2.45, 2.75) is 6.04 Å². The van der Waals surface area contributed by atoms with E-state index in [0.29, 0.717) is 11.4 Å². The van der Waals surface area contributed by atoms with Gasteiger partial charge in [-0.25, -0.2) is 4.90 Å². The Morgan fingerprint density at radius 1 is 0.913 bits per heavy atom. The van der Waals surface area contributed by atoms with Crippen molar-refractivity contribution in [1.29, 1.82) is 0 Å². The number of imide groups is 1. The molecule has 0 radical (unpaired) electrons. The minimum atomic E-state index is -0.580. The van der Waals surface area contributed by atoms with E-state index in [4.69, 9.17) is 4.74 Å². The molecule has 2 bridgehead atoms. The fourth-order valence-electron chi connectivity index (χ4n) is 3.90. The van der Waals surface area contributed by atoms with E-state index in [2.05, 4.69) is 0 Å². The second kappa shape index (κ2) is 4.68. The van der Waals surface area contributed by atoms with Gasteiger partial charge in [0.15, 0.2) is 0 Å². The Hall–Kier alpha value is -2.63. The lowest BCUT2D eigenvalue weighted by molar-refractivity contribution is -0.148. The van der Waals surface area contributed by atoms with Crippen molar-refractivity contribution in [1.82, 2.24) is 4.90 Å². The van der Waals surface area contributed by atoms with Crippen LogP contribution >= 0.6 is 0 Å². The van der Waals surface area contributed by atoms with Crippen molar-refractivity contribution in [3.8, 4) is 5.75 Å². The topological polar surface area (TPSA) is 66.9 Å². The highest BCUT2D eigenvalue weighted by molar-refractivity contribution is 6.24. The maximum atomic E-state index is 12.8. The summed E-state index contributed by atoms with van der Waals surface area (Å²) in [6, 6.07) is 6.46. The molecule has 2 fully saturated rings. The van der Waals surface area contributed by atoms with Crippen LogP contribution in [-0.4, -0.2) is 42.8 Å². The highest BCUT2D eigenvalue weighted by Gasteiger charge is 2.61. The summed E-state index contributed by atoms with van der Waals surface area (Å²) in [5, 5.41) is 0. The highest BCUT2D eigenvalue weighted by Crippen LogP contribution is 2.46. The van der Waals surface area contributed by atoms with Crippen LogP contribution in [0.2, 0.25) is 0 Å². The van der Waals surface area contributed by atoms with Crippen molar-refractivity contribution >= 4 is 23.4 Å². The molecule has 4 aliphatic rings. The summed E-state index contributed by atoms with van der Waals surface area (Å²) < 4.78 is 5.10. The fraction of sp³-hybridized carbons (Fsp3) is 0.353. The van der Waals surface area contributed by atoms with E-state index < -0.39 is 17.8 Å². The minimum absolute atomic E-state index is 0.0866. The van der Waals surface area contributed by atoms with Gasteiger partial charge in [0.1, 0.15) is 5.75 Å². The molecule has 0 aromatic heterocycles. The van der Waals surface area contributed by atoms with Gasteiger partial charge in [0.2, 0.25) is 17.7 Å². The van der Waals surface area contributed by atoms with Crippen molar-refractivity contribution in [3.63, 3.8) is 0 Å². The number of carbonyl (C=O) groups excluding carboxylic acids is 3. The number of likely N-dealkylation sites (N-methyl/N-ethyl adjacent to an activating group) is 1. The van der Waals surface area contributed by atoms with Crippen molar-refractivity contribution in [2.24, 2.45) is 17.8 Å². The quantitative estimate of drug-likeness (QED) is 0.599. The Morgan fingerprint density at radius 2 is 1.57 bits per heavy atom. The summed E-state index contributed by atoms with van der Waals surface area (Å²) >= 11 is 0. The number of hydrogen-bond acceptors (Lipinski definition) is 4. The first-order valence-corrected chi connectivity index (χ1v) is 7.51. The van der Waals surface area contributed by atoms with Crippen LogP contribution in [0.3, 0.4) is 0 Å². The number of fused-ring (bicyclic) bond motifs is 1. The SMILES string of the molecule is COc1ccc(N2C(=O)[C@@H]3[C@H](C2=O)[C@H]2C=C[C@H]3C(=O)N2C)cc1. The Labute approximate surface area is 133 Å². The van der Waals surface area contributed by atoms with E-state index in [1.807, 2.05) is 6.08 Å². The van der Waals surface area contributed by atoms with E-state index in [-0.39, 0.29) is 23.8 Å². The molecule has 3 heterocycles. The van der Waals surface area contributed by atoms with Crippen molar-refractivity contribution < 1.29 is 19.1 Å². The van der Waals surface area contributed by atoms with Crippen LogP contribution in [0.4, 0.5) is 5.69 Å². The molecule has 3 aliphatic heterocycles. The second-order valence-electron chi connectivity index (χ2n) is 6.11. The lowest BCUT2D eigenvalue weighted by atomic mass is 9.70. The molecule has 0 unspecified atom stereocenters. The number of anilines is 1. The monoisotopic (exact) mass is 312 g/mol. The first-order chi connectivity index (χ1) is 11.0. The second-order valence-corrected chi connectivity index (χ2v) is 6.11. The molecule has 5 rings (SSSR count). The molecule has 1 aromatic rings. The van der Waals surface area contributed by atoms with E-state index in [9.17, 15) is 14.4 Å². The predicted octanol–water partition coefficient (Wildman–Crippen LogP) is 0.827. The fourth-order valence-corrected chi connectivity index (χ4v) is 3.90. The van der Waals surface area contributed by atoms with Gasteiger partial charge < -0.3 is 9.64 Å². The summed E-state index contributed by atoms with van der Waals surface area (Å²) in [5.74, 6) is -1.55. The van der Waals surface area contributed by atoms with Crippen molar-refractivity contribution in [2.75, 3.05) is 19.1 Å². The molecule has 6 nitrogen and oxygen atoms in total. The van der Waals surface area contributed by atoms with Crippen LogP contribution in [0.5, 0.6) is 5.75 Å². The number of ether oxygens (including phenoxy) is 1. The van der Waals surface area contributed by atoms with E-state index in [0.717, 1.165) is 0 Å². The van der Waals surface area contributed by atoms with Gasteiger partial charge in [-0.3, -0.25) is 14.4 Å². The summed E-state index contributed by atoms with van der Waals surface area (Å²) in [6.45, 7) is 0. The van der Waals surface area contributed by atoms with Crippen LogP contribution in [-0.2, 0) is 14.4 Å². The van der Waals surface area contributed by atoms with Crippen LogP contribution in [0, 0.1) is 17.8 Å². The first-order valence-electron chi connectivity index (χ1n) is 7.51. The number of carbonyl (C=O) groups is 3. The lowest BCUT2D eigenvalue weighted by Gasteiger charge is -2.44. The number of piperidine rings is 1. The van der Waals surface area contributed by atoms with Gasteiger partial charge in [0.25, 0.3) is 0 Å².